The van der Waals surface area contributed by atoms with E-state index >= 15 is 0 Å². The average molecular weight is 397 g/mol. The van der Waals surface area contributed by atoms with Gasteiger partial charge in [0, 0.05) is 25.8 Å². The van der Waals surface area contributed by atoms with Gasteiger partial charge in [-0.25, -0.2) is 0 Å². The molecule has 0 saturated carbocycles. The standard InChI is InChI=1S/C23H27NO5/c25-21(13-7-14-22(26)28-17-19-9-3-1-4-10-19)24-16-8-15-23(27)29-18-20-11-5-2-6-12-20/h1-6,9-12H,7-8,13-18H2,(H,24,25). The fourth-order valence-corrected chi connectivity index (χ4v) is 2.56. The topological polar surface area (TPSA) is 81.7 Å². The molecular weight excluding hydrogens is 370 g/mol. The number of esters is 2. The third-order valence-corrected chi connectivity index (χ3v) is 4.15. The second-order valence-electron chi connectivity index (χ2n) is 6.60. The number of carbonyl (C=O) groups excluding carboxylic acids is 3. The molecule has 29 heavy (non-hydrogen) atoms. The van der Waals surface area contributed by atoms with Gasteiger partial charge in [-0.3, -0.25) is 14.4 Å². The van der Waals surface area contributed by atoms with Crippen LogP contribution in [-0.2, 0) is 37.1 Å². The highest BCUT2D eigenvalue weighted by atomic mass is 16.5. The lowest BCUT2D eigenvalue weighted by Crippen LogP contribution is -2.25. The van der Waals surface area contributed by atoms with Crippen LogP contribution in [0.25, 0.3) is 0 Å². The molecule has 6 heteroatoms. The van der Waals surface area contributed by atoms with Crippen LogP contribution in [0.1, 0.15) is 43.2 Å². The molecule has 0 heterocycles. The van der Waals surface area contributed by atoms with Crippen molar-refractivity contribution in [1.82, 2.24) is 5.32 Å². The van der Waals surface area contributed by atoms with Crippen molar-refractivity contribution >= 4 is 17.8 Å². The molecule has 0 aliphatic rings. The number of benzene rings is 2. The molecule has 2 aromatic rings. The average Bonchev–Trinajstić information content (AvgIpc) is 2.75. The van der Waals surface area contributed by atoms with Crippen LogP contribution in [-0.4, -0.2) is 24.4 Å². The van der Waals surface area contributed by atoms with Crippen molar-refractivity contribution in [1.29, 1.82) is 0 Å². The number of ether oxygens (including phenoxy) is 2. The first kappa shape index (κ1) is 22.1. The van der Waals surface area contributed by atoms with Crippen LogP contribution in [0, 0.1) is 0 Å². The Balaban J connectivity index is 1.46. The van der Waals surface area contributed by atoms with Crippen molar-refractivity contribution in [3.05, 3.63) is 71.8 Å². The number of hydrogen-bond donors (Lipinski definition) is 1. The highest BCUT2D eigenvalue weighted by Gasteiger charge is 2.08. The molecule has 2 rings (SSSR count). The van der Waals surface area contributed by atoms with Gasteiger partial charge in [0.15, 0.2) is 0 Å². The zero-order valence-electron chi connectivity index (χ0n) is 16.5. The highest BCUT2D eigenvalue weighted by molar-refractivity contribution is 5.77. The van der Waals surface area contributed by atoms with Crippen LogP contribution in [0.2, 0.25) is 0 Å². The summed E-state index contributed by atoms with van der Waals surface area (Å²) in [6, 6.07) is 18.9. The normalized spacial score (nSPS) is 10.2. The Kier molecular flexibility index (Phi) is 10.0. The maximum Gasteiger partial charge on any atom is 0.306 e. The minimum Gasteiger partial charge on any atom is -0.461 e. The molecule has 154 valence electrons. The number of nitrogens with one attached hydrogen (secondary N) is 1. The lowest BCUT2D eigenvalue weighted by Gasteiger charge is -2.07. The van der Waals surface area contributed by atoms with Crippen molar-refractivity contribution in [2.24, 2.45) is 0 Å². The van der Waals surface area contributed by atoms with Crippen LogP contribution >= 0.6 is 0 Å². The van der Waals surface area contributed by atoms with E-state index < -0.39 is 0 Å². The summed E-state index contributed by atoms with van der Waals surface area (Å²) in [5, 5.41) is 2.74. The fraction of sp³-hybridized carbons (Fsp3) is 0.348. The molecule has 0 spiro atoms. The van der Waals surface area contributed by atoms with Gasteiger partial charge in [0.2, 0.25) is 5.91 Å². The van der Waals surface area contributed by atoms with Crippen LogP contribution in [0.4, 0.5) is 0 Å². The molecule has 1 amide bonds. The number of carbonyl (C=O) groups is 3. The van der Waals surface area contributed by atoms with Crippen molar-refractivity contribution in [3.63, 3.8) is 0 Å². The smallest absolute Gasteiger partial charge is 0.306 e. The monoisotopic (exact) mass is 397 g/mol. The van der Waals surface area contributed by atoms with Crippen molar-refractivity contribution in [3.8, 4) is 0 Å². The second kappa shape index (κ2) is 13.1. The summed E-state index contributed by atoms with van der Waals surface area (Å²) in [6.07, 6.45) is 1.64. The van der Waals surface area contributed by atoms with E-state index in [0.29, 0.717) is 19.4 Å². The van der Waals surface area contributed by atoms with Gasteiger partial charge < -0.3 is 14.8 Å². The predicted octanol–water partition coefficient (Wildman–Crippen LogP) is 3.54. The largest absolute Gasteiger partial charge is 0.461 e. The molecule has 1 N–H and O–H groups in total. The van der Waals surface area contributed by atoms with E-state index in [-0.39, 0.29) is 50.3 Å². The van der Waals surface area contributed by atoms with E-state index in [9.17, 15) is 14.4 Å². The van der Waals surface area contributed by atoms with Crippen LogP contribution in [0.15, 0.2) is 60.7 Å². The molecule has 0 unspecified atom stereocenters. The summed E-state index contributed by atoms with van der Waals surface area (Å²) in [6.45, 7) is 0.899. The van der Waals surface area contributed by atoms with E-state index in [0.717, 1.165) is 11.1 Å². The number of hydrogen-bond acceptors (Lipinski definition) is 5. The molecule has 2 aromatic carbocycles. The van der Waals surface area contributed by atoms with Crippen LogP contribution in [0.3, 0.4) is 0 Å². The zero-order valence-corrected chi connectivity index (χ0v) is 16.5. The lowest BCUT2D eigenvalue weighted by molar-refractivity contribution is -0.146. The molecule has 0 saturated heterocycles. The molecule has 0 radical (unpaired) electrons. The molecular formula is C23H27NO5. The summed E-state index contributed by atoms with van der Waals surface area (Å²) in [5.41, 5.74) is 1.87. The third kappa shape index (κ3) is 10.1. The van der Waals surface area contributed by atoms with E-state index in [1.807, 2.05) is 60.7 Å². The second-order valence-corrected chi connectivity index (χ2v) is 6.60. The summed E-state index contributed by atoms with van der Waals surface area (Å²) in [5.74, 6) is -0.745. The van der Waals surface area contributed by atoms with Gasteiger partial charge in [0.25, 0.3) is 0 Å². The van der Waals surface area contributed by atoms with Gasteiger partial charge in [-0.2, -0.15) is 0 Å². The van der Waals surface area contributed by atoms with Gasteiger partial charge in [0.1, 0.15) is 13.2 Å². The highest BCUT2D eigenvalue weighted by Crippen LogP contribution is 2.05. The Hall–Kier alpha value is -3.15. The molecule has 6 nitrogen and oxygen atoms in total. The minimum absolute atomic E-state index is 0.140. The Morgan fingerprint density at radius 1 is 0.655 bits per heavy atom. The predicted molar refractivity (Wildman–Crippen MR) is 109 cm³/mol. The number of amides is 1. The zero-order chi connectivity index (χ0) is 20.7. The van der Waals surface area contributed by atoms with E-state index in [1.165, 1.54) is 0 Å². The summed E-state index contributed by atoms with van der Waals surface area (Å²) < 4.78 is 10.3. The first-order valence-corrected chi connectivity index (χ1v) is 9.79. The Labute approximate surface area is 171 Å². The van der Waals surface area contributed by atoms with Gasteiger partial charge in [-0.05, 0) is 24.0 Å². The third-order valence-electron chi connectivity index (χ3n) is 4.15. The molecule has 0 aliphatic carbocycles. The van der Waals surface area contributed by atoms with E-state index in [2.05, 4.69) is 5.32 Å². The fourth-order valence-electron chi connectivity index (χ4n) is 2.56. The summed E-state index contributed by atoms with van der Waals surface area (Å²) >= 11 is 0. The van der Waals surface area contributed by atoms with Crippen molar-refractivity contribution in [2.75, 3.05) is 6.54 Å². The first-order valence-electron chi connectivity index (χ1n) is 9.79. The van der Waals surface area contributed by atoms with Gasteiger partial charge in [-0.15, -0.1) is 0 Å². The molecule has 0 aliphatic heterocycles. The summed E-state index contributed by atoms with van der Waals surface area (Å²) in [4.78, 5) is 35.2. The van der Waals surface area contributed by atoms with Crippen molar-refractivity contribution < 1.29 is 23.9 Å². The Morgan fingerprint density at radius 2 is 1.14 bits per heavy atom. The van der Waals surface area contributed by atoms with Gasteiger partial charge in [0.05, 0.1) is 0 Å². The van der Waals surface area contributed by atoms with Crippen LogP contribution in [0.5, 0.6) is 0 Å². The molecule has 0 aromatic heterocycles. The lowest BCUT2D eigenvalue weighted by atomic mass is 10.2. The molecule has 0 fully saturated rings. The summed E-state index contributed by atoms with van der Waals surface area (Å²) in [7, 11) is 0. The molecule has 0 bridgehead atoms. The van der Waals surface area contributed by atoms with Crippen LogP contribution < -0.4 is 5.32 Å². The van der Waals surface area contributed by atoms with Gasteiger partial charge >= 0.3 is 11.9 Å². The van der Waals surface area contributed by atoms with Gasteiger partial charge in [-0.1, -0.05) is 60.7 Å². The van der Waals surface area contributed by atoms with Crippen molar-refractivity contribution in [2.45, 2.75) is 45.3 Å². The number of rotatable bonds is 12. The first-order chi connectivity index (χ1) is 14.1. The quantitative estimate of drug-likeness (QED) is 0.438. The van der Waals surface area contributed by atoms with E-state index in [1.54, 1.807) is 0 Å². The minimum atomic E-state index is -0.317. The van der Waals surface area contributed by atoms with E-state index in [4.69, 9.17) is 9.47 Å². The Bertz CT molecular complexity index is 761. The maximum absolute atomic E-state index is 11.8. The Morgan fingerprint density at radius 3 is 1.66 bits per heavy atom. The maximum atomic E-state index is 11.8. The molecule has 0 atom stereocenters. The SMILES string of the molecule is O=C(CCCC(=O)OCc1ccccc1)NCCCC(=O)OCc1ccccc1.